The Labute approximate surface area is 135 Å². The van der Waals surface area contributed by atoms with E-state index in [9.17, 15) is 0 Å². The quantitative estimate of drug-likeness (QED) is 0.536. The number of nitrogens with zero attached hydrogens (tertiary/aromatic N) is 2. The van der Waals surface area contributed by atoms with Crippen molar-refractivity contribution >= 4 is 45.8 Å². The van der Waals surface area contributed by atoms with Crippen LogP contribution in [0.3, 0.4) is 0 Å². The molecule has 2 rings (SSSR count). The first-order valence-electron chi connectivity index (χ1n) is 5.73. The molecule has 1 aromatic heterocycles. The first kappa shape index (κ1) is 14.8. The molecule has 0 N–H and O–H groups in total. The van der Waals surface area contributed by atoms with Crippen LogP contribution in [0.1, 0.15) is 13.3 Å². The smallest absolute Gasteiger partial charge is 0.162 e. The van der Waals surface area contributed by atoms with Crippen LogP contribution >= 0.6 is 45.8 Å². The number of halogens is 3. The summed E-state index contributed by atoms with van der Waals surface area (Å²) < 4.78 is 6.18. The van der Waals surface area contributed by atoms with Crippen molar-refractivity contribution < 1.29 is 4.74 Å². The molecular formula is C13H11Cl2IN2O. The Morgan fingerprint density at radius 1 is 1.11 bits per heavy atom. The van der Waals surface area contributed by atoms with Crippen molar-refractivity contribution in [1.82, 2.24) is 9.97 Å². The molecule has 0 unspecified atom stereocenters. The van der Waals surface area contributed by atoms with Crippen LogP contribution in [0.25, 0.3) is 11.4 Å². The van der Waals surface area contributed by atoms with Crippen molar-refractivity contribution in [2.24, 2.45) is 0 Å². The van der Waals surface area contributed by atoms with Crippen LogP contribution in [0.15, 0.2) is 24.3 Å². The van der Waals surface area contributed by atoms with Crippen molar-refractivity contribution in [2.75, 3.05) is 6.61 Å². The molecule has 0 aliphatic rings. The summed E-state index contributed by atoms with van der Waals surface area (Å²) in [5, 5.41) is 0.726. The minimum Gasteiger partial charge on any atom is -0.494 e. The minimum atomic E-state index is 0.363. The maximum absolute atomic E-state index is 6.00. The number of rotatable bonds is 4. The lowest BCUT2D eigenvalue weighted by atomic mass is 10.2. The highest BCUT2D eigenvalue weighted by atomic mass is 127. The molecule has 1 aromatic carbocycles. The molecule has 3 nitrogen and oxygen atoms in total. The molecule has 2 aromatic rings. The van der Waals surface area contributed by atoms with Gasteiger partial charge in [-0.15, -0.1) is 0 Å². The normalized spacial score (nSPS) is 10.5. The SMILES string of the molecule is CCCOc1ccc(-c2nc(Cl)c(I)c(Cl)n2)cc1. The molecule has 6 heteroatoms. The van der Waals surface area contributed by atoms with E-state index in [1.165, 1.54) is 0 Å². The molecule has 0 aliphatic heterocycles. The predicted octanol–water partition coefficient (Wildman–Crippen LogP) is 4.84. The highest BCUT2D eigenvalue weighted by Gasteiger charge is 2.10. The van der Waals surface area contributed by atoms with Crippen molar-refractivity contribution in [1.29, 1.82) is 0 Å². The van der Waals surface area contributed by atoms with Crippen LogP contribution in [0.4, 0.5) is 0 Å². The van der Waals surface area contributed by atoms with Gasteiger partial charge in [0, 0.05) is 5.56 Å². The summed E-state index contributed by atoms with van der Waals surface area (Å²) in [7, 11) is 0. The van der Waals surface area contributed by atoms with Crippen molar-refractivity contribution in [2.45, 2.75) is 13.3 Å². The summed E-state index contributed by atoms with van der Waals surface area (Å²) in [5.74, 6) is 1.34. The summed E-state index contributed by atoms with van der Waals surface area (Å²) in [6, 6.07) is 7.54. The molecule has 0 spiro atoms. The van der Waals surface area contributed by atoms with E-state index < -0.39 is 0 Å². The van der Waals surface area contributed by atoms with Crippen LogP contribution in [0.2, 0.25) is 10.3 Å². The monoisotopic (exact) mass is 408 g/mol. The molecule has 100 valence electrons. The average molecular weight is 409 g/mol. The summed E-state index contributed by atoms with van der Waals surface area (Å²) in [4.78, 5) is 8.43. The Morgan fingerprint density at radius 2 is 1.68 bits per heavy atom. The maximum Gasteiger partial charge on any atom is 0.162 e. The molecule has 1 heterocycles. The summed E-state index contributed by atoms with van der Waals surface area (Å²) >= 11 is 14.0. The second kappa shape index (κ2) is 6.72. The lowest BCUT2D eigenvalue weighted by Gasteiger charge is -2.06. The predicted molar refractivity (Wildman–Crippen MR) is 86.0 cm³/mol. The van der Waals surface area contributed by atoms with Crippen LogP contribution in [0.5, 0.6) is 5.75 Å². The molecule has 0 saturated heterocycles. The fourth-order valence-electron chi connectivity index (χ4n) is 1.44. The van der Waals surface area contributed by atoms with Gasteiger partial charge in [0.1, 0.15) is 16.1 Å². The Hall–Kier alpha value is -0.590. The van der Waals surface area contributed by atoms with Gasteiger partial charge in [0.05, 0.1) is 10.2 Å². The van der Waals surface area contributed by atoms with Crippen molar-refractivity contribution in [3.8, 4) is 17.1 Å². The van der Waals surface area contributed by atoms with Gasteiger partial charge in [-0.25, -0.2) is 9.97 Å². The summed E-state index contributed by atoms with van der Waals surface area (Å²) in [6.07, 6.45) is 0.979. The van der Waals surface area contributed by atoms with E-state index in [1.54, 1.807) is 0 Å². The van der Waals surface area contributed by atoms with Crippen LogP contribution in [-0.2, 0) is 0 Å². The zero-order valence-electron chi connectivity index (χ0n) is 10.2. The van der Waals surface area contributed by atoms with Gasteiger partial charge in [-0.2, -0.15) is 0 Å². The molecule has 0 amide bonds. The lowest BCUT2D eigenvalue weighted by Crippen LogP contribution is -1.96. The molecule has 19 heavy (non-hydrogen) atoms. The van der Waals surface area contributed by atoms with Crippen molar-refractivity contribution in [3.63, 3.8) is 0 Å². The zero-order chi connectivity index (χ0) is 13.8. The number of ether oxygens (including phenoxy) is 1. The van der Waals surface area contributed by atoms with Crippen molar-refractivity contribution in [3.05, 3.63) is 38.1 Å². The fraction of sp³-hybridized carbons (Fsp3) is 0.231. The Bertz CT molecular complexity index is 552. The van der Waals surface area contributed by atoms with E-state index in [4.69, 9.17) is 27.9 Å². The Kier molecular flexibility index (Phi) is 5.24. The Balaban J connectivity index is 2.27. The van der Waals surface area contributed by atoms with E-state index >= 15 is 0 Å². The largest absolute Gasteiger partial charge is 0.494 e. The van der Waals surface area contributed by atoms with Crippen LogP contribution in [-0.4, -0.2) is 16.6 Å². The van der Waals surface area contributed by atoms with Crippen LogP contribution < -0.4 is 4.74 Å². The molecule has 0 aliphatic carbocycles. The summed E-state index contributed by atoms with van der Waals surface area (Å²) in [6.45, 7) is 2.77. The third-order valence-corrected chi connectivity index (χ3v) is 4.56. The van der Waals surface area contributed by atoms with E-state index in [0.29, 0.717) is 26.3 Å². The standard InChI is InChI=1S/C13H11Cl2IN2O/c1-2-7-19-9-5-3-8(4-6-9)13-17-11(14)10(16)12(15)18-13/h3-6H,2,7H2,1H3. The van der Waals surface area contributed by atoms with E-state index in [1.807, 2.05) is 46.9 Å². The van der Waals surface area contributed by atoms with E-state index in [2.05, 4.69) is 16.9 Å². The van der Waals surface area contributed by atoms with Crippen LogP contribution in [0, 0.1) is 3.57 Å². The van der Waals surface area contributed by atoms with Gasteiger partial charge in [-0.1, -0.05) is 30.1 Å². The molecule has 0 fully saturated rings. The molecular weight excluding hydrogens is 398 g/mol. The van der Waals surface area contributed by atoms with E-state index in [-0.39, 0.29) is 0 Å². The Morgan fingerprint density at radius 3 is 2.21 bits per heavy atom. The topological polar surface area (TPSA) is 35.0 Å². The molecule has 0 atom stereocenters. The van der Waals surface area contributed by atoms with E-state index in [0.717, 1.165) is 17.7 Å². The molecule has 0 bridgehead atoms. The number of benzene rings is 1. The number of hydrogen-bond acceptors (Lipinski definition) is 3. The van der Waals surface area contributed by atoms with Gasteiger partial charge in [0.25, 0.3) is 0 Å². The third kappa shape index (κ3) is 3.70. The number of aromatic nitrogens is 2. The molecule has 0 saturated carbocycles. The lowest BCUT2D eigenvalue weighted by molar-refractivity contribution is 0.317. The minimum absolute atomic E-state index is 0.363. The number of hydrogen-bond donors (Lipinski definition) is 0. The zero-order valence-corrected chi connectivity index (χ0v) is 13.8. The first-order chi connectivity index (χ1) is 9.11. The fourth-order valence-corrected chi connectivity index (χ4v) is 2.07. The second-order valence-corrected chi connectivity index (χ2v) is 5.61. The van der Waals surface area contributed by atoms with Gasteiger partial charge in [0.2, 0.25) is 0 Å². The van der Waals surface area contributed by atoms with Gasteiger partial charge >= 0.3 is 0 Å². The second-order valence-electron chi connectivity index (χ2n) is 3.82. The third-order valence-electron chi connectivity index (χ3n) is 2.36. The van der Waals surface area contributed by atoms with Gasteiger partial charge in [-0.05, 0) is 53.3 Å². The first-order valence-corrected chi connectivity index (χ1v) is 7.57. The average Bonchev–Trinajstić information content (AvgIpc) is 2.42. The summed E-state index contributed by atoms with van der Waals surface area (Å²) in [5.41, 5.74) is 0.851. The van der Waals surface area contributed by atoms with Gasteiger partial charge in [-0.3, -0.25) is 0 Å². The van der Waals surface area contributed by atoms with Gasteiger partial charge < -0.3 is 4.74 Å². The maximum atomic E-state index is 6.00. The van der Waals surface area contributed by atoms with Gasteiger partial charge in [0.15, 0.2) is 5.82 Å². The highest BCUT2D eigenvalue weighted by Crippen LogP contribution is 2.27. The highest BCUT2D eigenvalue weighted by molar-refractivity contribution is 14.1. The molecule has 0 radical (unpaired) electrons.